The zero-order valence-electron chi connectivity index (χ0n) is 13.1. The minimum Gasteiger partial charge on any atom is -0.330 e. The number of likely N-dealkylation sites (tertiary alicyclic amines) is 1. The minimum atomic E-state index is 0.551. The van der Waals surface area contributed by atoms with Crippen molar-refractivity contribution in [3.63, 3.8) is 0 Å². The molecule has 0 bridgehead atoms. The van der Waals surface area contributed by atoms with Crippen LogP contribution in [0.5, 0.6) is 0 Å². The van der Waals surface area contributed by atoms with Crippen LogP contribution in [0.4, 0.5) is 0 Å². The van der Waals surface area contributed by atoms with Crippen molar-refractivity contribution in [1.82, 2.24) is 14.7 Å². The Hall–Kier alpha value is -0.870. The van der Waals surface area contributed by atoms with E-state index in [2.05, 4.69) is 35.7 Å². The van der Waals surface area contributed by atoms with Crippen molar-refractivity contribution in [3.8, 4) is 0 Å². The van der Waals surface area contributed by atoms with E-state index in [4.69, 9.17) is 10.8 Å². The van der Waals surface area contributed by atoms with Gasteiger partial charge in [-0.1, -0.05) is 13.8 Å². The van der Waals surface area contributed by atoms with Gasteiger partial charge in [0.1, 0.15) is 0 Å². The highest BCUT2D eigenvalue weighted by atomic mass is 15.3. The van der Waals surface area contributed by atoms with Gasteiger partial charge in [0, 0.05) is 18.8 Å². The maximum absolute atomic E-state index is 5.64. The van der Waals surface area contributed by atoms with Crippen molar-refractivity contribution in [2.45, 2.75) is 71.0 Å². The summed E-state index contributed by atoms with van der Waals surface area (Å²) in [5.74, 6) is 0. The molecule has 20 heavy (non-hydrogen) atoms. The Morgan fingerprint density at radius 3 is 2.90 bits per heavy atom. The molecule has 4 nitrogen and oxygen atoms in total. The van der Waals surface area contributed by atoms with Gasteiger partial charge in [-0.05, 0) is 57.7 Å². The highest BCUT2D eigenvalue weighted by molar-refractivity contribution is 5.01. The first-order valence-electron chi connectivity index (χ1n) is 8.26. The fourth-order valence-electron chi connectivity index (χ4n) is 3.32. The summed E-state index contributed by atoms with van der Waals surface area (Å²) in [6, 6.07) is 3.46. The van der Waals surface area contributed by atoms with Gasteiger partial charge >= 0.3 is 0 Å². The molecule has 2 N–H and O–H groups in total. The highest BCUT2D eigenvalue weighted by Crippen LogP contribution is 2.23. The Morgan fingerprint density at radius 2 is 2.20 bits per heavy atom. The Balaban J connectivity index is 1.92. The maximum atomic E-state index is 5.64. The van der Waals surface area contributed by atoms with Gasteiger partial charge in [-0.15, -0.1) is 0 Å². The van der Waals surface area contributed by atoms with Crippen molar-refractivity contribution >= 4 is 0 Å². The van der Waals surface area contributed by atoms with Crippen LogP contribution in [0.2, 0.25) is 0 Å². The molecule has 0 radical (unpaired) electrons. The molecule has 1 unspecified atom stereocenters. The number of aromatic nitrogens is 2. The molecule has 1 aromatic heterocycles. The van der Waals surface area contributed by atoms with E-state index in [1.54, 1.807) is 0 Å². The van der Waals surface area contributed by atoms with Gasteiger partial charge in [-0.3, -0.25) is 9.58 Å². The smallest absolute Gasteiger partial charge is 0.0765 e. The summed E-state index contributed by atoms with van der Waals surface area (Å²) in [6.45, 7) is 7.50. The second kappa shape index (κ2) is 7.79. The zero-order valence-corrected chi connectivity index (χ0v) is 13.1. The quantitative estimate of drug-likeness (QED) is 0.795. The lowest BCUT2D eigenvalue weighted by Gasteiger charge is -2.23. The predicted octanol–water partition coefficient (Wildman–Crippen LogP) is 2.95. The van der Waals surface area contributed by atoms with Gasteiger partial charge in [-0.2, -0.15) is 5.10 Å². The summed E-state index contributed by atoms with van der Waals surface area (Å²) in [4.78, 5) is 2.59. The number of hydrogen-bond donors (Lipinski definition) is 1. The van der Waals surface area contributed by atoms with Crippen LogP contribution >= 0.6 is 0 Å². The Kier molecular flexibility index (Phi) is 6.05. The van der Waals surface area contributed by atoms with E-state index in [0.717, 1.165) is 38.4 Å². The van der Waals surface area contributed by atoms with Crippen LogP contribution in [0.3, 0.4) is 0 Å². The van der Waals surface area contributed by atoms with Crippen molar-refractivity contribution in [1.29, 1.82) is 0 Å². The highest BCUT2D eigenvalue weighted by Gasteiger charge is 2.24. The summed E-state index contributed by atoms with van der Waals surface area (Å²) in [7, 11) is 0. The molecule has 2 heterocycles. The van der Waals surface area contributed by atoms with Crippen molar-refractivity contribution in [3.05, 3.63) is 18.0 Å². The third kappa shape index (κ3) is 3.83. The summed E-state index contributed by atoms with van der Waals surface area (Å²) in [5.41, 5.74) is 6.86. The van der Waals surface area contributed by atoms with Crippen LogP contribution in [0.1, 0.15) is 64.1 Å². The number of nitrogens with zero attached hydrogens (tertiary/aromatic N) is 3. The van der Waals surface area contributed by atoms with E-state index in [1.165, 1.54) is 31.5 Å². The molecule has 114 valence electrons. The van der Waals surface area contributed by atoms with Crippen molar-refractivity contribution < 1.29 is 0 Å². The van der Waals surface area contributed by atoms with Gasteiger partial charge in [0.25, 0.3) is 0 Å². The summed E-state index contributed by atoms with van der Waals surface area (Å²) < 4.78 is 2.15. The number of rotatable bonds is 8. The molecule has 2 rings (SSSR count). The molecular weight excluding hydrogens is 248 g/mol. The number of hydrogen-bond acceptors (Lipinski definition) is 3. The van der Waals surface area contributed by atoms with Crippen LogP contribution in [0.25, 0.3) is 0 Å². The van der Waals surface area contributed by atoms with Gasteiger partial charge in [-0.25, -0.2) is 0 Å². The van der Waals surface area contributed by atoms with Crippen LogP contribution in [-0.2, 0) is 6.54 Å². The fourth-order valence-corrected chi connectivity index (χ4v) is 3.32. The van der Waals surface area contributed by atoms with Gasteiger partial charge in [0.05, 0.1) is 11.7 Å². The lowest BCUT2D eigenvalue weighted by molar-refractivity contribution is 0.228. The third-order valence-corrected chi connectivity index (χ3v) is 4.59. The monoisotopic (exact) mass is 278 g/mol. The lowest BCUT2D eigenvalue weighted by Crippen LogP contribution is -2.29. The average Bonchev–Trinajstić information content (AvgIpc) is 3.08. The lowest BCUT2D eigenvalue weighted by atomic mass is 10.1. The second-order valence-corrected chi connectivity index (χ2v) is 5.95. The topological polar surface area (TPSA) is 47.1 Å². The fraction of sp³-hybridized carbons (Fsp3) is 0.812. The first kappa shape index (κ1) is 15.5. The Labute approximate surface area is 123 Å². The zero-order chi connectivity index (χ0) is 14.4. The van der Waals surface area contributed by atoms with E-state index in [0.29, 0.717) is 6.04 Å². The molecule has 1 atom stereocenters. The molecular formula is C16H30N4. The Bertz CT molecular complexity index is 384. The average molecular weight is 278 g/mol. The van der Waals surface area contributed by atoms with Gasteiger partial charge < -0.3 is 5.73 Å². The molecule has 0 saturated carbocycles. The molecule has 1 aliphatic rings. The summed E-state index contributed by atoms with van der Waals surface area (Å²) in [6.07, 6.45) is 9.49. The third-order valence-electron chi connectivity index (χ3n) is 4.59. The van der Waals surface area contributed by atoms with Crippen LogP contribution < -0.4 is 5.73 Å². The van der Waals surface area contributed by atoms with E-state index < -0.39 is 0 Å². The van der Waals surface area contributed by atoms with Crippen molar-refractivity contribution in [2.75, 3.05) is 13.1 Å². The van der Waals surface area contributed by atoms with E-state index in [-0.39, 0.29) is 0 Å². The summed E-state index contributed by atoms with van der Waals surface area (Å²) >= 11 is 0. The maximum Gasteiger partial charge on any atom is 0.0765 e. The first-order valence-corrected chi connectivity index (χ1v) is 8.26. The second-order valence-electron chi connectivity index (χ2n) is 5.95. The van der Waals surface area contributed by atoms with Crippen LogP contribution in [0.15, 0.2) is 12.3 Å². The first-order chi connectivity index (χ1) is 9.78. The molecule has 1 aliphatic heterocycles. The van der Waals surface area contributed by atoms with E-state index in [1.807, 2.05) is 0 Å². The molecule has 0 aromatic carbocycles. The standard InChI is InChI=1S/C16H30N4/c1-3-15(4-2)20-12-9-14(18-20)13-19-11-6-8-16(19)7-5-10-17/h9,12,15-16H,3-8,10-11,13,17H2,1-2H3. The van der Waals surface area contributed by atoms with Gasteiger partial charge in [0.2, 0.25) is 0 Å². The largest absolute Gasteiger partial charge is 0.330 e. The van der Waals surface area contributed by atoms with Crippen LogP contribution in [0, 0.1) is 0 Å². The van der Waals surface area contributed by atoms with Crippen LogP contribution in [-0.4, -0.2) is 33.8 Å². The van der Waals surface area contributed by atoms with E-state index in [9.17, 15) is 0 Å². The molecule has 0 aliphatic carbocycles. The minimum absolute atomic E-state index is 0.551. The SMILES string of the molecule is CCC(CC)n1ccc(CN2CCCC2CCCN)n1. The number of nitrogens with two attached hydrogens (primary N) is 1. The predicted molar refractivity (Wildman–Crippen MR) is 83.6 cm³/mol. The van der Waals surface area contributed by atoms with Gasteiger partial charge in [0.15, 0.2) is 0 Å². The molecule has 1 aromatic rings. The summed E-state index contributed by atoms with van der Waals surface area (Å²) in [5, 5.41) is 4.78. The van der Waals surface area contributed by atoms with Crippen molar-refractivity contribution in [2.24, 2.45) is 5.73 Å². The normalized spacial score (nSPS) is 20.1. The molecule has 1 fully saturated rings. The van der Waals surface area contributed by atoms with E-state index >= 15 is 0 Å². The molecule has 1 saturated heterocycles. The molecule has 0 spiro atoms. The Morgan fingerprint density at radius 1 is 1.40 bits per heavy atom. The molecule has 4 heteroatoms. The molecule has 0 amide bonds.